The smallest absolute Gasteiger partial charge is 0.244 e. The molecule has 0 aliphatic rings. The molecule has 0 atom stereocenters. The number of aromatic nitrogens is 1. The fraction of sp³-hybridized carbons (Fsp3) is 0.0833. The molecule has 0 fully saturated rings. The molecule has 1 amide bonds. The summed E-state index contributed by atoms with van der Waals surface area (Å²) < 4.78 is 3.12. The maximum absolute atomic E-state index is 12.2. The Balaban J connectivity index is 1.50. The number of amides is 1. The average molecular weight is 481 g/mol. The second-order valence-corrected chi connectivity index (χ2v) is 8.24. The number of halogens is 2. The Morgan fingerprint density at radius 2 is 1.77 bits per heavy atom. The summed E-state index contributed by atoms with van der Waals surface area (Å²) in [6.07, 6.45) is 3.99. The van der Waals surface area contributed by atoms with E-state index in [2.05, 4.69) is 37.1 Å². The lowest BCUT2D eigenvalue weighted by atomic mass is 10.1. The molecule has 0 aliphatic heterocycles. The van der Waals surface area contributed by atoms with Gasteiger partial charge in [-0.15, -0.1) is 0 Å². The highest BCUT2D eigenvalue weighted by atomic mass is 79.9. The lowest BCUT2D eigenvalue weighted by Gasteiger charge is -2.07. The number of hydrogen-bond donors (Lipinski definition) is 1. The van der Waals surface area contributed by atoms with Crippen molar-refractivity contribution in [2.45, 2.75) is 13.0 Å². The van der Waals surface area contributed by atoms with Gasteiger partial charge in [0, 0.05) is 38.7 Å². The number of carbonyl (C=O) groups excluding carboxylic acids is 1. The first-order valence-corrected chi connectivity index (χ1v) is 10.6. The summed E-state index contributed by atoms with van der Waals surface area (Å²) in [5.41, 5.74) is 6.61. The standard InChI is InChI=1S/C24H19BrClN3O/c25-20-11-9-17(10-12-20)13-24(30)28-27-14-19-16-29(23-8-4-2-6-21(19)23)15-18-5-1-3-7-22(18)26/h1-12,14,16H,13,15H2,(H,28,30)/b27-14-. The van der Waals surface area contributed by atoms with Gasteiger partial charge in [0.05, 0.1) is 12.6 Å². The first kappa shape index (κ1) is 20.4. The Hall–Kier alpha value is -2.89. The molecular formula is C24H19BrClN3O. The topological polar surface area (TPSA) is 46.4 Å². The lowest BCUT2D eigenvalue weighted by Crippen LogP contribution is -2.19. The van der Waals surface area contributed by atoms with E-state index in [1.54, 1.807) is 6.21 Å². The minimum atomic E-state index is -0.159. The van der Waals surface area contributed by atoms with Gasteiger partial charge in [-0.25, -0.2) is 5.43 Å². The van der Waals surface area contributed by atoms with Crippen molar-refractivity contribution in [1.29, 1.82) is 0 Å². The van der Waals surface area contributed by atoms with Gasteiger partial charge in [0.15, 0.2) is 0 Å². The highest BCUT2D eigenvalue weighted by molar-refractivity contribution is 9.10. The molecule has 0 saturated carbocycles. The van der Waals surface area contributed by atoms with Crippen LogP contribution in [-0.2, 0) is 17.8 Å². The first-order chi connectivity index (χ1) is 14.6. The Labute approximate surface area is 188 Å². The summed E-state index contributed by atoms with van der Waals surface area (Å²) in [7, 11) is 0. The summed E-state index contributed by atoms with van der Waals surface area (Å²) >= 11 is 9.73. The Morgan fingerprint density at radius 1 is 1.03 bits per heavy atom. The van der Waals surface area contributed by atoms with Gasteiger partial charge < -0.3 is 4.57 Å². The van der Waals surface area contributed by atoms with Crippen LogP contribution in [0.2, 0.25) is 5.02 Å². The molecular weight excluding hydrogens is 462 g/mol. The van der Waals surface area contributed by atoms with Gasteiger partial charge in [-0.1, -0.05) is 76.1 Å². The average Bonchev–Trinajstić information content (AvgIpc) is 3.09. The summed E-state index contributed by atoms with van der Waals surface area (Å²) in [4.78, 5) is 12.2. The van der Waals surface area contributed by atoms with Crippen molar-refractivity contribution in [3.8, 4) is 0 Å². The highest BCUT2D eigenvalue weighted by Gasteiger charge is 2.09. The van der Waals surface area contributed by atoms with Crippen LogP contribution in [0, 0.1) is 0 Å². The zero-order valence-corrected chi connectivity index (χ0v) is 18.4. The molecule has 1 N–H and O–H groups in total. The minimum Gasteiger partial charge on any atom is -0.342 e. The number of benzene rings is 3. The van der Waals surface area contributed by atoms with Crippen LogP contribution >= 0.6 is 27.5 Å². The molecule has 0 bridgehead atoms. The van der Waals surface area contributed by atoms with E-state index in [1.165, 1.54) is 0 Å². The molecule has 0 saturated heterocycles. The Kier molecular flexibility index (Phi) is 6.31. The van der Waals surface area contributed by atoms with Crippen LogP contribution in [0.1, 0.15) is 16.7 Å². The monoisotopic (exact) mass is 479 g/mol. The number of nitrogens with zero attached hydrogens (tertiary/aromatic N) is 2. The molecule has 1 heterocycles. The Bertz CT molecular complexity index is 1210. The molecule has 4 nitrogen and oxygen atoms in total. The van der Waals surface area contributed by atoms with Crippen molar-refractivity contribution in [3.63, 3.8) is 0 Å². The zero-order chi connectivity index (χ0) is 20.9. The summed E-state index contributed by atoms with van der Waals surface area (Å²) in [5, 5.41) is 5.98. The van der Waals surface area contributed by atoms with Crippen molar-refractivity contribution in [2.24, 2.45) is 5.10 Å². The van der Waals surface area contributed by atoms with Gasteiger partial charge in [-0.3, -0.25) is 4.79 Å². The fourth-order valence-electron chi connectivity index (χ4n) is 3.32. The van der Waals surface area contributed by atoms with E-state index in [9.17, 15) is 4.79 Å². The first-order valence-electron chi connectivity index (χ1n) is 9.48. The molecule has 4 rings (SSSR count). The largest absolute Gasteiger partial charge is 0.342 e. The summed E-state index contributed by atoms with van der Waals surface area (Å²) in [6, 6.07) is 23.6. The number of hydrazone groups is 1. The van der Waals surface area contributed by atoms with E-state index in [1.807, 2.05) is 72.9 Å². The molecule has 0 radical (unpaired) electrons. The van der Waals surface area contributed by atoms with Crippen molar-refractivity contribution in [1.82, 2.24) is 9.99 Å². The van der Waals surface area contributed by atoms with Gasteiger partial charge in [-0.2, -0.15) is 5.10 Å². The van der Waals surface area contributed by atoms with Gasteiger partial charge in [-0.05, 0) is 35.4 Å². The van der Waals surface area contributed by atoms with Gasteiger partial charge in [0.25, 0.3) is 0 Å². The molecule has 0 spiro atoms. The zero-order valence-electron chi connectivity index (χ0n) is 16.1. The van der Waals surface area contributed by atoms with Gasteiger partial charge in [0.1, 0.15) is 0 Å². The fourth-order valence-corrected chi connectivity index (χ4v) is 3.78. The molecule has 3 aromatic carbocycles. The van der Waals surface area contributed by atoms with Gasteiger partial charge >= 0.3 is 0 Å². The molecule has 30 heavy (non-hydrogen) atoms. The highest BCUT2D eigenvalue weighted by Crippen LogP contribution is 2.23. The predicted molar refractivity (Wildman–Crippen MR) is 126 cm³/mol. The van der Waals surface area contributed by atoms with Crippen LogP contribution in [0.25, 0.3) is 10.9 Å². The normalized spacial score (nSPS) is 11.3. The van der Waals surface area contributed by atoms with E-state index in [0.29, 0.717) is 6.54 Å². The third-order valence-corrected chi connectivity index (χ3v) is 5.69. The van der Waals surface area contributed by atoms with Crippen LogP contribution < -0.4 is 5.43 Å². The molecule has 0 aliphatic carbocycles. The SMILES string of the molecule is O=C(Cc1ccc(Br)cc1)N/N=C\c1cn(Cc2ccccc2Cl)c2ccccc12. The number of fused-ring (bicyclic) bond motifs is 1. The maximum atomic E-state index is 12.2. The number of nitrogens with one attached hydrogen (secondary N) is 1. The number of carbonyl (C=O) groups is 1. The summed E-state index contributed by atoms with van der Waals surface area (Å²) in [5.74, 6) is -0.159. The molecule has 1 aromatic heterocycles. The molecule has 4 aromatic rings. The van der Waals surface area contributed by atoms with Crippen molar-refractivity contribution in [3.05, 3.63) is 105 Å². The second-order valence-electron chi connectivity index (χ2n) is 6.92. The lowest BCUT2D eigenvalue weighted by molar-refractivity contribution is -0.120. The van der Waals surface area contributed by atoms with Crippen LogP contribution in [-0.4, -0.2) is 16.7 Å². The van der Waals surface area contributed by atoms with Crippen LogP contribution in [0.15, 0.2) is 88.6 Å². The number of rotatable bonds is 6. The van der Waals surface area contributed by atoms with E-state index < -0.39 is 0 Å². The van der Waals surface area contributed by atoms with Crippen molar-refractivity contribution < 1.29 is 4.79 Å². The van der Waals surface area contributed by atoms with E-state index in [0.717, 1.165) is 37.1 Å². The van der Waals surface area contributed by atoms with Crippen LogP contribution in [0.3, 0.4) is 0 Å². The molecule has 0 unspecified atom stereocenters. The Morgan fingerprint density at radius 3 is 2.57 bits per heavy atom. The third kappa shape index (κ3) is 4.81. The number of hydrogen-bond acceptors (Lipinski definition) is 2. The van der Waals surface area contributed by atoms with E-state index in [4.69, 9.17) is 11.6 Å². The number of para-hydroxylation sites is 1. The van der Waals surface area contributed by atoms with E-state index in [-0.39, 0.29) is 12.3 Å². The van der Waals surface area contributed by atoms with Crippen LogP contribution in [0.5, 0.6) is 0 Å². The third-order valence-electron chi connectivity index (χ3n) is 4.79. The van der Waals surface area contributed by atoms with Crippen LogP contribution in [0.4, 0.5) is 0 Å². The molecule has 150 valence electrons. The minimum absolute atomic E-state index is 0.159. The van der Waals surface area contributed by atoms with E-state index >= 15 is 0 Å². The van der Waals surface area contributed by atoms with Crippen molar-refractivity contribution >= 4 is 50.6 Å². The second kappa shape index (κ2) is 9.28. The predicted octanol–water partition coefficient (Wildman–Crippen LogP) is 5.80. The quantitative estimate of drug-likeness (QED) is 0.275. The van der Waals surface area contributed by atoms with Gasteiger partial charge in [0.2, 0.25) is 5.91 Å². The van der Waals surface area contributed by atoms with Crippen molar-refractivity contribution in [2.75, 3.05) is 0 Å². The molecule has 6 heteroatoms. The maximum Gasteiger partial charge on any atom is 0.244 e. The summed E-state index contributed by atoms with van der Waals surface area (Å²) in [6.45, 7) is 0.657.